The van der Waals surface area contributed by atoms with Gasteiger partial charge in [0.1, 0.15) is 5.75 Å². The Morgan fingerprint density at radius 3 is 1.62 bits per heavy atom. The molecule has 0 radical (unpaired) electrons. The molecule has 32 heavy (non-hydrogen) atoms. The molecule has 0 N–H and O–H groups in total. The molecule has 0 heterocycles. The highest BCUT2D eigenvalue weighted by Crippen LogP contribution is 2.39. The molecule has 0 aliphatic carbocycles. The number of rotatable bonds is 5. The molecule has 8 heteroatoms. The van der Waals surface area contributed by atoms with Gasteiger partial charge in [0.2, 0.25) is 0 Å². The maximum absolute atomic E-state index is 13.2. The molecule has 0 aliphatic heterocycles. The first kappa shape index (κ1) is 24.1. The molecule has 0 spiro atoms. The van der Waals surface area contributed by atoms with Crippen LogP contribution in [-0.4, -0.2) is 22.0 Å². The van der Waals surface area contributed by atoms with Crippen molar-refractivity contribution in [1.82, 2.24) is 0 Å². The van der Waals surface area contributed by atoms with E-state index >= 15 is 0 Å². The SMILES string of the molecule is Cc1cccc(OS(=O)(=O)C(F)(F)F)c1[Si](c1ccccc1)(c1ccccc1)C(C)(C)C. The second kappa shape index (κ2) is 8.40. The van der Waals surface area contributed by atoms with Crippen LogP contribution in [0.4, 0.5) is 13.2 Å². The summed E-state index contributed by atoms with van der Waals surface area (Å²) in [6, 6.07) is 23.7. The van der Waals surface area contributed by atoms with E-state index in [0.717, 1.165) is 10.4 Å². The Hall–Kier alpha value is -2.58. The molecule has 170 valence electrons. The van der Waals surface area contributed by atoms with Crippen molar-refractivity contribution in [3.05, 3.63) is 84.4 Å². The van der Waals surface area contributed by atoms with Gasteiger partial charge in [-0.3, -0.25) is 0 Å². The summed E-state index contributed by atoms with van der Waals surface area (Å²) in [5.41, 5.74) is -4.85. The number of benzene rings is 3. The van der Waals surface area contributed by atoms with Gasteiger partial charge < -0.3 is 4.18 Å². The summed E-state index contributed by atoms with van der Waals surface area (Å²) in [5.74, 6) is -0.281. The molecular weight excluding hydrogens is 453 g/mol. The summed E-state index contributed by atoms with van der Waals surface area (Å²) in [6.45, 7) is 7.89. The van der Waals surface area contributed by atoms with E-state index in [-0.39, 0.29) is 5.75 Å². The van der Waals surface area contributed by atoms with Crippen molar-refractivity contribution in [1.29, 1.82) is 0 Å². The molecule has 0 amide bonds. The van der Waals surface area contributed by atoms with Gasteiger partial charge in [-0.1, -0.05) is 93.6 Å². The first-order valence-corrected chi connectivity index (χ1v) is 13.4. The highest BCUT2D eigenvalue weighted by molar-refractivity contribution is 7.88. The minimum Gasteiger partial charge on any atom is -0.376 e. The van der Waals surface area contributed by atoms with Crippen molar-refractivity contribution in [2.45, 2.75) is 38.2 Å². The highest BCUT2D eigenvalue weighted by atomic mass is 32.2. The van der Waals surface area contributed by atoms with Crippen LogP contribution in [0.1, 0.15) is 26.3 Å². The summed E-state index contributed by atoms with van der Waals surface area (Å²) in [4.78, 5) is 0. The fraction of sp³-hybridized carbons (Fsp3) is 0.250. The van der Waals surface area contributed by atoms with Crippen LogP contribution in [0.5, 0.6) is 5.75 Å². The normalized spacial score (nSPS) is 13.1. The largest absolute Gasteiger partial charge is 0.534 e. The van der Waals surface area contributed by atoms with Crippen LogP contribution in [-0.2, 0) is 10.1 Å². The fourth-order valence-electron chi connectivity index (χ4n) is 4.43. The maximum Gasteiger partial charge on any atom is 0.534 e. The molecule has 3 aromatic carbocycles. The Morgan fingerprint density at radius 1 is 0.750 bits per heavy atom. The van der Waals surface area contributed by atoms with Crippen molar-refractivity contribution >= 4 is 33.8 Å². The Morgan fingerprint density at radius 2 is 1.22 bits per heavy atom. The van der Waals surface area contributed by atoms with Crippen LogP contribution in [0.15, 0.2) is 78.9 Å². The van der Waals surface area contributed by atoms with Crippen molar-refractivity contribution in [3.8, 4) is 5.75 Å². The molecule has 0 bridgehead atoms. The summed E-state index contributed by atoms with van der Waals surface area (Å²) >= 11 is 0. The van der Waals surface area contributed by atoms with Gasteiger partial charge in [0, 0.05) is 0 Å². The van der Waals surface area contributed by atoms with Crippen LogP contribution in [0, 0.1) is 6.92 Å². The minimum atomic E-state index is -5.84. The second-order valence-electron chi connectivity index (χ2n) is 8.66. The predicted molar refractivity (Wildman–Crippen MR) is 124 cm³/mol. The molecule has 3 nitrogen and oxygen atoms in total. The van der Waals surface area contributed by atoms with Crippen LogP contribution >= 0.6 is 0 Å². The number of alkyl halides is 3. The summed E-state index contributed by atoms with van der Waals surface area (Å²) in [5, 5.41) is 1.95. The molecular formula is C24H25F3O3SSi. The van der Waals surface area contributed by atoms with E-state index in [4.69, 9.17) is 4.18 Å². The van der Waals surface area contributed by atoms with E-state index in [2.05, 4.69) is 0 Å². The van der Waals surface area contributed by atoms with Crippen molar-refractivity contribution in [2.75, 3.05) is 0 Å². The standard InChI is InChI=1S/C24H25F3O3SSi/c1-18-12-11-17-21(30-31(28,29)24(25,26)27)22(18)32(23(2,3)4,19-13-7-5-8-14-19)20-15-9-6-10-16-20/h5-17H,1-4H3. The molecule has 0 saturated carbocycles. The van der Waals surface area contributed by atoms with Gasteiger partial charge in [-0.25, -0.2) is 0 Å². The third kappa shape index (κ3) is 4.09. The molecule has 3 aromatic rings. The maximum atomic E-state index is 13.2. The average molecular weight is 479 g/mol. The zero-order valence-corrected chi connectivity index (χ0v) is 20.1. The van der Waals surface area contributed by atoms with Crippen molar-refractivity contribution < 1.29 is 25.8 Å². The van der Waals surface area contributed by atoms with Gasteiger partial charge in [0.05, 0.1) is 0 Å². The summed E-state index contributed by atoms with van der Waals surface area (Å²) in [6.07, 6.45) is 0. The average Bonchev–Trinajstić information content (AvgIpc) is 2.70. The molecule has 0 unspecified atom stereocenters. The first-order chi connectivity index (χ1) is 14.8. The smallest absolute Gasteiger partial charge is 0.376 e. The molecule has 0 fully saturated rings. The third-order valence-electron chi connectivity index (χ3n) is 5.63. The lowest BCUT2D eigenvalue weighted by atomic mass is 10.2. The van der Waals surface area contributed by atoms with E-state index in [0.29, 0.717) is 10.8 Å². The highest BCUT2D eigenvalue weighted by Gasteiger charge is 2.53. The Balaban J connectivity index is 2.48. The lowest BCUT2D eigenvalue weighted by Crippen LogP contribution is -2.73. The van der Waals surface area contributed by atoms with E-state index in [1.54, 1.807) is 13.0 Å². The third-order valence-corrected chi connectivity index (χ3v) is 12.6. The Bertz CT molecular complexity index is 1150. The summed E-state index contributed by atoms with van der Waals surface area (Å²) < 4.78 is 68.5. The van der Waals surface area contributed by atoms with Gasteiger partial charge in [-0.05, 0) is 39.2 Å². The molecule has 0 saturated heterocycles. The van der Waals surface area contributed by atoms with Gasteiger partial charge >= 0.3 is 15.6 Å². The lowest BCUT2D eigenvalue weighted by molar-refractivity contribution is -0.0499. The number of halogens is 3. The Kier molecular flexibility index (Phi) is 6.32. The topological polar surface area (TPSA) is 43.4 Å². The number of hydrogen-bond acceptors (Lipinski definition) is 3. The zero-order valence-electron chi connectivity index (χ0n) is 18.3. The van der Waals surface area contributed by atoms with Crippen LogP contribution < -0.4 is 19.7 Å². The molecule has 3 rings (SSSR count). The van der Waals surface area contributed by atoms with Crippen molar-refractivity contribution in [2.24, 2.45) is 0 Å². The molecule has 0 aliphatic rings. The lowest BCUT2D eigenvalue weighted by Gasteiger charge is -2.45. The first-order valence-electron chi connectivity index (χ1n) is 10.0. The number of hydrogen-bond donors (Lipinski definition) is 0. The van der Waals surface area contributed by atoms with E-state index < -0.39 is 28.7 Å². The fourth-order valence-corrected chi connectivity index (χ4v) is 10.9. The van der Waals surface area contributed by atoms with Gasteiger partial charge in [-0.15, -0.1) is 0 Å². The van der Waals surface area contributed by atoms with Crippen LogP contribution in [0.2, 0.25) is 5.04 Å². The zero-order chi connectivity index (χ0) is 23.8. The second-order valence-corrected chi connectivity index (χ2v) is 14.9. The quantitative estimate of drug-likeness (QED) is 0.235. The van der Waals surface area contributed by atoms with Crippen molar-refractivity contribution in [3.63, 3.8) is 0 Å². The summed E-state index contributed by atoms with van der Waals surface area (Å²) in [7, 11) is -8.97. The molecule has 0 aromatic heterocycles. The van der Waals surface area contributed by atoms with E-state index in [9.17, 15) is 21.6 Å². The van der Waals surface area contributed by atoms with Gasteiger partial charge in [0.15, 0.2) is 8.07 Å². The van der Waals surface area contributed by atoms with E-state index in [1.165, 1.54) is 12.1 Å². The predicted octanol–water partition coefficient (Wildman–Crippen LogP) is 4.49. The van der Waals surface area contributed by atoms with Gasteiger partial charge in [0.25, 0.3) is 0 Å². The van der Waals surface area contributed by atoms with Crippen LogP contribution in [0.3, 0.4) is 0 Å². The number of aryl methyl sites for hydroxylation is 1. The monoisotopic (exact) mass is 478 g/mol. The van der Waals surface area contributed by atoms with Crippen LogP contribution in [0.25, 0.3) is 0 Å². The minimum absolute atomic E-state index is 0.281. The Labute approximate surface area is 188 Å². The van der Waals surface area contributed by atoms with Gasteiger partial charge in [-0.2, -0.15) is 21.6 Å². The van der Waals surface area contributed by atoms with E-state index in [1.807, 2.05) is 81.4 Å². The molecule has 0 atom stereocenters.